The van der Waals surface area contributed by atoms with Crippen molar-refractivity contribution in [3.05, 3.63) is 50.7 Å². The van der Waals surface area contributed by atoms with Gasteiger partial charge in [0.1, 0.15) is 11.4 Å². The minimum Gasteiger partial charge on any atom is -0.384 e. The van der Waals surface area contributed by atoms with Gasteiger partial charge in [0.05, 0.1) is 39.5 Å². The number of ether oxygens (including phenoxy) is 2. The van der Waals surface area contributed by atoms with E-state index in [1.807, 2.05) is 24.3 Å². The molecule has 2 heterocycles. The number of likely N-dealkylation sites (N-methyl/N-ethyl adjacent to an activating group) is 1. The number of amides is 1. The summed E-state index contributed by atoms with van der Waals surface area (Å²) in [5.74, 6) is -1.15. The zero-order valence-electron chi connectivity index (χ0n) is 19.3. The highest BCUT2D eigenvalue weighted by molar-refractivity contribution is 6.01. The van der Waals surface area contributed by atoms with Crippen molar-refractivity contribution in [2.24, 2.45) is 0 Å². The number of methoxy groups -OCH3 is 1. The summed E-state index contributed by atoms with van der Waals surface area (Å²) in [6.07, 6.45) is 0. The Morgan fingerprint density at radius 1 is 1.18 bits per heavy atom. The highest BCUT2D eigenvalue weighted by Crippen LogP contribution is 2.19. The van der Waals surface area contributed by atoms with E-state index >= 15 is 0 Å². The third kappa shape index (κ3) is 6.31. The topological polar surface area (TPSA) is 152 Å². The van der Waals surface area contributed by atoms with Crippen LogP contribution >= 0.6 is 0 Å². The Kier molecular flexibility index (Phi) is 8.57. The molecule has 0 spiro atoms. The monoisotopic (exact) mass is 474 g/mol. The van der Waals surface area contributed by atoms with Crippen LogP contribution in [0.5, 0.6) is 0 Å². The number of Topliss-reactive ketones (excluding diaryl/α,β-unsaturated/α-hetero) is 1. The molecule has 0 radical (unpaired) electrons. The van der Waals surface area contributed by atoms with Crippen LogP contribution in [0.2, 0.25) is 0 Å². The molecule has 1 fully saturated rings. The predicted octanol–water partition coefficient (Wildman–Crippen LogP) is -0.645. The van der Waals surface area contributed by atoms with Crippen LogP contribution in [-0.4, -0.2) is 86.3 Å². The van der Waals surface area contributed by atoms with Gasteiger partial charge in [-0.15, -0.1) is 0 Å². The highest BCUT2D eigenvalue weighted by atomic mass is 16.5. The maximum absolute atomic E-state index is 12.7. The van der Waals surface area contributed by atoms with Crippen LogP contribution < -0.4 is 27.2 Å². The van der Waals surface area contributed by atoms with E-state index in [-0.39, 0.29) is 43.5 Å². The van der Waals surface area contributed by atoms with Crippen molar-refractivity contribution in [1.82, 2.24) is 14.5 Å². The van der Waals surface area contributed by atoms with E-state index in [0.29, 0.717) is 18.9 Å². The lowest BCUT2D eigenvalue weighted by atomic mass is 10.2. The number of benzene rings is 1. The smallest absolute Gasteiger partial charge is 0.330 e. The van der Waals surface area contributed by atoms with Gasteiger partial charge in [-0.3, -0.25) is 28.8 Å². The molecule has 184 valence electrons. The van der Waals surface area contributed by atoms with Crippen LogP contribution in [0.3, 0.4) is 0 Å². The molecule has 34 heavy (non-hydrogen) atoms. The number of carbonyl (C=O) groups excluding carboxylic acids is 2. The van der Waals surface area contributed by atoms with E-state index in [0.717, 1.165) is 23.3 Å². The Morgan fingerprint density at radius 3 is 2.50 bits per heavy atom. The summed E-state index contributed by atoms with van der Waals surface area (Å²) in [4.78, 5) is 55.1. The molecular weight excluding hydrogens is 444 g/mol. The second-order valence-corrected chi connectivity index (χ2v) is 7.95. The summed E-state index contributed by atoms with van der Waals surface area (Å²) < 4.78 is 11.4. The molecule has 1 aromatic heterocycles. The number of ketones is 1. The van der Waals surface area contributed by atoms with E-state index in [9.17, 15) is 19.2 Å². The van der Waals surface area contributed by atoms with Crippen LogP contribution in [-0.2, 0) is 20.8 Å². The summed E-state index contributed by atoms with van der Waals surface area (Å²) in [5.41, 5.74) is 5.72. The number of nitrogen functional groups attached to an aromatic ring is 1. The van der Waals surface area contributed by atoms with Gasteiger partial charge in [0.2, 0.25) is 5.91 Å². The lowest BCUT2D eigenvalue weighted by molar-refractivity contribution is -0.116. The lowest BCUT2D eigenvalue weighted by Gasteiger charge is -2.28. The summed E-state index contributed by atoms with van der Waals surface area (Å²) in [6, 6.07) is 7.50. The van der Waals surface area contributed by atoms with E-state index in [4.69, 9.17) is 15.2 Å². The molecule has 0 unspecified atom stereocenters. The third-order valence-electron chi connectivity index (χ3n) is 5.39. The van der Waals surface area contributed by atoms with Crippen molar-refractivity contribution in [2.45, 2.75) is 6.54 Å². The summed E-state index contributed by atoms with van der Waals surface area (Å²) >= 11 is 0. The molecule has 4 N–H and O–H groups in total. The highest BCUT2D eigenvalue weighted by Gasteiger charge is 2.21. The van der Waals surface area contributed by atoms with Crippen LogP contribution in [0.4, 0.5) is 17.2 Å². The molecule has 0 bridgehead atoms. The summed E-state index contributed by atoms with van der Waals surface area (Å²) in [6.45, 7) is 2.96. The van der Waals surface area contributed by atoms with Crippen molar-refractivity contribution < 1.29 is 19.1 Å². The predicted molar refractivity (Wildman–Crippen MR) is 128 cm³/mol. The molecule has 2 aromatic rings. The molecule has 1 aliphatic rings. The van der Waals surface area contributed by atoms with Gasteiger partial charge in [-0.25, -0.2) is 4.79 Å². The van der Waals surface area contributed by atoms with E-state index in [2.05, 4.69) is 15.2 Å². The van der Waals surface area contributed by atoms with Gasteiger partial charge >= 0.3 is 5.69 Å². The summed E-state index contributed by atoms with van der Waals surface area (Å²) in [7, 11) is 3.03. The Balaban J connectivity index is 1.58. The van der Waals surface area contributed by atoms with Crippen molar-refractivity contribution in [3.8, 4) is 0 Å². The average molecular weight is 475 g/mol. The molecule has 0 atom stereocenters. The van der Waals surface area contributed by atoms with Gasteiger partial charge in [-0.1, -0.05) is 0 Å². The van der Waals surface area contributed by atoms with Crippen molar-refractivity contribution in [1.29, 1.82) is 0 Å². The fraction of sp³-hybridized carbons (Fsp3) is 0.455. The molecule has 12 heteroatoms. The van der Waals surface area contributed by atoms with Gasteiger partial charge in [0.25, 0.3) is 5.56 Å². The van der Waals surface area contributed by atoms with Crippen LogP contribution in [0, 0.1) is 0 Å². The Hall–Kier alpha value is -3.48. The molecule has 1 saturated heterocycles. The molecule has 1 aromatic carbocycles. The van der Waals surface area contributed by atoms with Crippen LogP contribution in [0.15, 0.2) is 33.9 Å². The van der Waals surface area contributed by atoms with E-state index < -0.39 is 17.0 Å². The fourth-order valence-electron chi connectivity index (χ4n) is 3.66. The number of morpholine rings is 1. The maximum atomic E-state index is 12.7. The number of nitrogens with zero attached hydrogens (tertiary/aromatic N) is 3. The molecule has 12 nitrogen and oxygen atoms in total. The SMILES string of the molecule is COCCn1c(N)c(C(=O)CN(C)CC(=O)Nc2ccc(N3CCOCC3)cc2)c(=O)[nH]c1=O. The second-order valence-electron chi connectivity index (χ2n) is 7.95. The van der Waals surface area contributed by atoms with Gasteiger partial charge < -0.3 is 25.4 Å². The van der Waals surface area contributed by atoms with Gasteiger partial charge in [0.15, 0.2) is 5.78 Å². The maximum Gasteiger partial charge on any atom is 0.330 e. The number of anilines is 3. The first-order chi connectivity index (χ1) is 16.3. The Bertz CT molecular complexity index is 1120. The Morgan fingerprint density at radius 2 is 1.85 bits per heavy atom. The summed E-state index contributed by atoms with van der Waals surface area (Å²) in [5, 5.41) is 2.79. The normalized spacial score (nSPS) is 13.8. The second kappa shape index (κ2) is 11.6. The largest absolute Gasteiger partial charge is 0.384 e. The number of carbonyl (C=O) groups is 2. The number of hydrogen-bond donors (Lipinski definition) is 3. The van der Waals surface area contributed by atoms with Crippen LogP contribution in [0.1, 0.15) is 10.4 Å². The number of aromatic nitrogens is 2. The number of H-pyrrole nitrogens is 1. The first kappa shape index (κ1) is 25.1. The average Bonchev–Trinajstić information content (AvgIpc) is 2.79. The number of aromatic amines is 1. The van der Waals surface area contributed by atoms with Crippen molar-refractivity contribution >= 4 is 28.9 Å². The number of rotatable bonds is 10. The first-order valence-corrected chi connectivity index (χ1v) is 10.9. The minimum atomic E-state index is -0.862. The van der Waals surface area contributed by atoms with Gasteiger partial charge in [-0.05, 0) is 31.3 Å². The third-order valence-corrected chi connectivity index (χ3v) is 5.39. The zero-order valence-corrected chi connectivity index (χ0v) is 19.3. The fourth-order valence-corrected chi connectivity index (χ4v) is 3.66. The van der Waals surface area contributed by atoms with Gasteiger partial charge in [-0.2, -0.15) is 0 Å². The number of nitrogens with one attached hydrogen (secondary N) is 2. The quantitative estimate of drug-likeness (QED) is 0.382. The number of hydrogen-bond acceptors (Lipinski definition) is 9. The molecule has 0 aliphatic carbocycles. The van der Waals surface area contributed by atoms with E-state index in [1.165, 1.54) is 12.0 Å². The minimum absolute atomic E-state index is 0.0841. The lowest BCUT2D eigenvalue weighted by Crippen LogP contribution is -2.40. The van der Waals surface area contributed by atoms with Crippen molar-refractivity contribution in [3.63, 3.8) is 0 Å². The van der Waals surface area contributed by atoms with Crippen LogP contribution in [0.25, 0.3) is 0 Å². The van der Waals surface area contributed by atoms with Gasteiger partial charge in [0, 0.05) is 31.6 Å². The first-order valence-electron chi connectivity index (χ1n) is 10.9. The van der Waals surface area contributed by atoms with Crippen molar-refractivity contribution in [2.75, 3.05) is 76.1 Å². The Labute approximate surface area is 196 Å². The standard InChI is InChI=1S/C22H30N6O6/c1-26(13-17(29)19-20(23)28(9-10-33-2)22(32)25-21(19)31)14-18(30)24-15-3-5-16(6-4-15)27-7-11-34-12-8-27/h3-6H,7-14,23H2,1-2H3,(H,24,30)(H,25,31,32). The zero-order chi connectivity index (χ0) is 24.7. The molecule has 1 aliphatic heterocycles. The molecule has 3 rings (SSSR count). The molecule has 1 amide bonds. The molecular formula is C22H30N6O6. The van der Waals surface area contributed by atoms with E-state index in [1.54, 1.807) is 7.05 Å². The number of nitrogens with two attached hydrogens (primary N) is 1. The molecule has 0 saturated carbocycles.